The van der Waals surface area contributed by atoms with Gasteiger partial charge in [-0.2, -0.15) is 8.42 Å². The zero-order valence-electron chi connectivity index (χ0n) is 8.99. The van der Waals surface area contributed by atoms with Crippen molar-refractivity contribution in [3.05, 3.63) is 12.7 Å². The van der Waals surface area contributed by atoms with E-state index in [4.69, 9.17) is 4.55 Å². The summed E-state index contributed by atoms with van der Waals surface area (Å²) in [5.41, 5.74) is -0.702. The number of carbonyl (C=O) groups is 1. The Morgan fingerprint density at radius 1 is 1.53 bits per heavy atom. The van der Waals surface area contributed by atoms with Crippen LogP contribution in [0.1, 0.15) is 13.8 Å². The molecule has 0 rings (SSSR count). The van der Waals surface area contributed by atoms with Gasteiger partial charge in [0.15, 0.2) is 0 Å². The van der Waals surface area contributed by atoms with Crippen LogP contribution in [-0.2, 0) is 14.9 Å². The molecule has 0 saturated heterocycles. The van der Waals surface area contributed by atoms with Crippen LogP contribution in [0.25, 0.3) is 0 Å². The Kier molecular flexibility index (Phi) is 6.43. The molecule has 0 aromatic carbocycles. The first-order valence-corrected chi connectivity index (χ1v) is 5.63. The molecule has 7 heteroatoms. The number of rotatable bonds is 5. The second kappa shape index (κ2) is 5.84. The SMILES string of the molecule is C=CC(=O)NCC(C)(C)CS(=O)(=O)O.N. The van der Waals surface area contributed by atoms with Gasteiger partial charge in [0, 0.05) is 6.54 Å². The number of carbonyl (C=O) groups excluding carboxylic acids is 1. The molecule has 0 aromatic rings. The van der Waals surface area contributed by atoms with Crippen molar-refractivity contribution in [1.29, 1.82) is 0 Å². The Bertz CT molecular complexity index is 322. The van der Waals surface area contributed by atoms with Gasteiger partial charge in [-0.1, -0.05) is 20.4 Å². The lowest BCUT2D eigenvalue weighted by atomic mass is 9.96. The Morgan fingerprint density at radius 3 is 2.33 bits per heavy atom. The summed E-state index contributed by atoms with van der Waals surface area (Å²) in [4.78, 5) is 10.8. The fourth-order valence-corrected chi connectivity index (χ4v) is 2.03. The summed E-state index contributed by atoms with van der Waals surface area (Å²) >= 11 is 0. The van der Waals surface area contributed by atoms with E-state index in [-0.39, 0.29) is 18.6 Å². The maximum Gasteiger partial charge on any atom is 0.265 e. The smallest absolute Gasteiger partial charge is 0.265 e. The maximum atomic E-state index is 10.8. The minimum atomic E-state index is -4.01. The third-order valence-corrected chi connectivity index (χ3v) is 2.65. The fourth-order valence-electron chi connectivity index (χ4n) is 0.943. The van der Waals surface area contributed by atoms with Crippen LogP contribution < -0.4 is 11.5 Å². The quantitative estimate of drug-likeness (QED) is 0.472. The number of amides is 1. The first-order chi connectivity index (χ1) is 6.16. The Labute approximate surface area is 90.1 Å². The van der Waals surface area contributed by atoms with Gasteiger partial charge in [-0.25, -0.2) is 0 Å². The second-order valence-electron chi connectivity index (χ2n) is 3.81. The van der Waals surface area contributed by atoms with Gasteiger partial charge in [0.2, 0.25) is 5.91 Å². The van der Waals surface area contributed by atoms with Gasteiger partial charge in [-0.05, 0) is 11.5 Å². The van der Waals surface area contributed by atoms with E-state index in [1.807, 2.05) is 0 Å². The molecule has 15 heavy (non-hydrogen) atoms. The second-order valence-corrected chi connectivity index (χ2v) is 5.26. The predicted octanol–water partition coefficient (Wildman–Crippen LogP) is 0.365. The molecule has 0 bridgehead atoms. The summed E-state index contributed by atoms with van der Waals surface area (Å²) in [5.74, 6) is -0.759. The topological polar surface area (TPSA) is 118 Å². The third kappa shape index (κ3) is 9.39. The van der Waals surface area contributed by atoms with Crippen LogP contribution in [0.2, 0.25) is 0 Å². The van der Waals surface area contributed by atoms with Crippen molar-refractivity contribution in [3.8, 4) is 0 Å². The van der Waals surface area contributed by atoms with Crippen LogP contribution >= 0.6 is 0 Å². The van der Waals surface area contributed by atoms with Gasteiger partial charge in [0.05, 0.1) is 5.75 Å². The van der Waals surface area contributed by atoms with Crippen LogP contribution in [0.5, 0.6) is 0 Å². The summed E-state index contributed by atoms with van der Waals surface area (Å²) in [6, 6.07) is 0. The van der Waals surface area contributed by atoms with E-state index in [9.17, 15) is 13.2 Å². The van der Waals surface area contributed by atoms with Gasteiger partial charge >= 0.3 is 0 Å². The molecule has 0 heterocycles. The van der Waals surface area contributed by atoms with E-state index in [0.29, 0.717) is 0 Å². The molecule has 0 aliphatic rings. The van der Waals surface area contributed by atoms with E-state index in [1.165, 1.54) is 0 Å². The predicted molar refractivity (Wildman–Crippen MR) is 58.4 cm³/mol. The van der Waals surface area contributed by atoms with Crippen LogP contribution in [0, 0.1) is 5.41 Å². The van der Waals surface area contributed by atoms with E-state index < -0.39 is 21.3 Å². The van der Waals surface area contributed by atoms with Crippen molar-refractivity contribution in [2.24, 2.45) is 5.41 Å². The minimum absolute atomic E-state index is 0. The highest BCUT2D eigenvalue weighted by Crippen LogP contribution is 2.15. The minimum Gasteiger partial charge on any atom is -0.352 e. The van der Waals surface area contributed by atoms with E-state index >= 15 is 0 Å². The monoisotopic (exact) mass is 238 g/mol. The average Bonchev–Trinajstić information content (AvgIpc) is 1.96. The van der Waals surface area contributed by atoms with Crippen LogP contribution in [0.15, 0.2) is 12.7 Å². The molecule has 0 fully saturated rings. The summed E-state index contributed by atoms with van der Waals surface area (Å²) in [5, 5.41) is 2.46. The molecule has 0 spiro atoms. The van der Waals surface area contributed by atoms with Crippen LogP contribution in [0.3, 0.4) is 0 Å². The summed E-state index contributed by atoms with van der Waals surface area (Å²) in [6.45, 7) is 6.68. The van der Waals surface area contributed by atoms with Crippen molar-refractivity contribution in [1.82, 2.24) is 11.5 Å². The van der Waals surface area contributed by atoms with Crippen molar-refractivity contribution in [2.45, 2.75) is 13.8 Å². The summed E-state index contributed by atoms with van der Waals surface area (Å²) in [6.07, 6.45) is 1.10. The molecule has 0 unspecified atom stereocenters. The molecule has 0 aliphatic heterocycles. The van der Waals surface area contributed by atoms with E-state index in [2.05, 4.69) is 11.9 Å². The zero-order valence-corrected chi connectivity index (χ0v) is 9.80. The zero-order chi connectivity index (χ0) is 11.4. The molecule has 1 amide bonds. The normalized spacial score (nSPS) is 11.4. The van der Waals surface area contributed by atoms with Gasteiger partial charge in [-0.15, -0.1) is 0 Å². The van der Waals surface area contributed by atoms with Crippen molar-refractivity contribution >= 4 is 16.0 Å². The van der Waals surface area contributed by atoms with Gasteiger partial charge in [0.25, 0.3) is 10.1 Å². The van der Waals surface area contributed by atoms with E-state index in [1.54, 1.807) is 13.8 Å². The number of nitrogens with one attached hydrogen (secondary N) is 1. The molecule has 5 N–H and O–H groups in total. The standard InChI is InChI=1S/C8H15NO4S.H3N/c1-4-7(10)9-5-8(2,3)6-14(11,12)13;/h4H,1,5-6H2,2-3H3,(H,9,10)(H,11,12,13);1H3. The molecule has 0 radical (unpaired) electrons. The molecule has 0 saturated carbocycles. The first kappa shape index (κ1) is 16.5. The largest absolute Gasteiger partial charge is 0.352 e. The van der Waals surface area contributed by atoms with Crippen LogP contribution in [0.4, 0.5) is 0 Å². The molecule has 0 atom stereocenters. The number of hydrogen-bond donors (Lipinski definition) is 3. The lowest BCUT2D eigenvalue weighted by molar-refractivity contribution is -0.116. The lowest BCUT2D eigenvalue weighted by Crippen LogP contribution is -2.37. The van der Waals surface area contributed by atoms with Crippen molar-refractivity contribution < 1.29 is 17.8 Å². The average molecular weight is 238 g/mol. The molecular formula is C8H18N2O4S. The lowest BCUT2D eigenvalue weighted by Gasteiger charge is -2.22. The third-order valence-electron chi connectivity index (χ3n) is 1.50. The molecule has 90 valence electrons. The van der Waals surface area contributed by atoms with Crippen molar-refractivity contribution in [3.63, 3.8) is 0 Å². The van der Waals surface area contributed by atoms with Crippen LogP contribution in [-0.4, -0.2) is 31.2 Å². The highest BCUT2D eigenvalue weighted by Gasteiger charge is 2.24. The Hall–Kier alpha value is -0.920. The number of hydrogen-bond acceptors (Lipinski definition) is 4. The fraction of sp³-hybridized carbons (Fsp3) is 0.625. The van der Waals surface area contributed by atoms with Gasteiger partial charge in [-0.3, -0.25) is 9.35 Å². The summed E-state index contributed by atoms with van der Waals surface area (Å²) < 4.78 is 29.8. The van der Waals surface area contributed by atoms with Gasteiger partial charge in [0.1, 0.15) is 0 Å². The first-order valence-electron chi connectivity index (χ1n) is 4.02. The molecule has 0 aromatic heterocycles. The maximum absolute atomic E-state index is 10.8. The Morgan fingerprint density at radius 2 is 2.00 bits per heavy atom. The molecule has 6 nitrogen and oxygen atoms in total. The van der Waals surface area contributed by atoms with Crippen molar-refractivity contribution in [2.75, 3.05) is 12.3 Å². The molecule has 0 aliphatic carbocycles. The molecular weight excluding hydrogens is 220 g/mol. The highest BCUT2D eigenvalue weighted by atomic mass is 32.2. The van der Waals surface area contributed by atoms with E-state index in [0.717, 1.165) is 6.08 Å². The highest BCUT2D eigenvalue weighted by molar-refractivity contribution is 7.85. The van der Waals surface area contributed by atoms with Gasteiger partial charge < -0.3 is 11.5 Å². The Balaban J connectivity index is 0. The summed E-state index contributed by atoms with van der Waals surface area (Å²) in [7, 11) is -4.01.